The summed E-state index contributed by atoms with van der Waals surface area (Å²) in [6.07, 6.45) is 0.989. The molecular weight excluding hydrogens is 308 g/mol. The molecule has 1 saturated heterocycles. The zero-order valence-corrected chi connectivity index (χ0v) is 17.3. The maximum absolute atomic E-state index is 5.82. The highest BCUT2D eigenvalue weighted by molar-refractivity contribution is 5.22. The van der Waals surface area contributed by atoms with Crippen LogP contribution in [0.2, 0.25) is 0 Å². The molecule has 0 spiro atoms. The zero-order valence-electron chi connectivity index (χ0n) is 17.3. The topological polar surface area (TPSA) is 15.7 Å². The fourth-order valence-electron chi connectivity index (χ4n) is 3.32. The highest BCUT2D eigenvalue weighted by Gasteiger charge is 2.21. The van der Waals surface area contributed by atoms with Crippen molar-refractivity contribution in [2.24, 2.45) is 5.41 Å². The van der Waals surface area contributed by atoms with E-state index in [1.807, 2.05) is 0 Å². The highest BCUT2D eigenvalue weighted by Crippen LogP contribution is 2.17. The maximum atomic E-state index is 5.82. The Labute approximate surface area is 155 Å². The Balaban J connectivity index is 1.73. The Morgan fingerprint density at radius 3 is 1.84 bits per heavy atom. The van der Waals surface area contributed by atoms with Crippen LogP contribution in [0.1, 0.15) is 52.7 Å². The van der Waals surface area contributed by atoms with E-state index in [2.05, 4.69) is 75.6 Å². The number of benzene rings is 1. The molecule has 0 radical (unpaired) electrons. The molecule has 0 aliphatic carbocycles. The number of ether oxygens (including phenoxy) is 1. The van der Waals surface area contributed by atoms with Gasteiger partial charge >= 0.3 is 0 Å². The summed E-state index contributed by atoms with van der Waals surface area (Å²) in [4.78, 5) is 5.19. The van der Waals surface area contributed by atoms with Crippen LogP contribution in [0.5, 0.6) is 0 Å². The summed E-state index contributed by atoms with van der Waals surface area (Å²) < 4.78 is 5.82. The quantitative estimate of drug-likeness (QED) is 0.767. The largest absolute Gasteiger partial charge is 0.376 e. The van der Waals surface area contributed by atoms with Crippen molar-refractivity contribution >= 4 is 0 Å². The summed E-state index contributed by atoms with van der Waals surface area (Å²) in [5.41, 5.74) is 3.14. The first kappa shape index (κ1) is 20.4. The predicted molar refractivity (Wildman–Crippen MR) is 107 cm³/mol. The van der Waals surface area contributed by atoms with Gasteiger partial charge in [-0.15, -0.1) is 0 Å². The van der Waals surface area contributed by atoms with Crippen LogP contribution in [0, 0.1) is 5.41 Å². The van der Waals surface area contributed by atoms with Crippen LogP contribution in [-0.4, -0.2) is 54.7 Å². The highest BCUT2D eigenvalue weighted by atomic mass is 16.5. The van der Waals surface area contributed by atoms with Crippen LogP contribution in [-0.2, 0) is 17.7 Å². The molecule has 0 amide bonds. The summed E-state index contributed by atoms with van der Waals surface area (Å²) in [6.45, 7) is 21.1. The Bertz CT molecular complexity index is 502. The fraction of sp³-hybridized carbons (Fsp3) is 0.727. The van der Waals surface area contributed by atoms with E-state index < -0.39 is 0 Å². The lowest BCUT2D eigenvalue weighted by molar-refractivity contribution is -0.000979. The lowest BCUT2D eigenvalue weighted by Gasteiger charge is -2.37. The fourth-order valence-corrected chi connectivity index (χ4v) is 3.32. The van der Waals surface area contributed by atoms with Crippen LogP contribution < -0.4 is 0 Å². The molecule has 3 heteroatoms. The first-order valence-corrected chi connectivity index (χ1v) is 9.77. The average Bonchev–Trinajstić information content (AvgIpc) is 2.48. The van der Waals surface area contributed by atoms with Gasteiger partial charge in [-0.3, -0.25) is 4.90 Å². The molecule has 142 valence electrons. The second-order valence-corrected chi connectivity index (χ2v) is 9.64. The van der Waals surface area contributed by atoms with Gasteiger partial charge in [-0.05, 0) is 43.7 Å². The molecule has 0 N–H and O–H groups in total. The van der Waals surface area contributed by atoms with E-state index in [1.54, 1.807) is 0 Å². The van der Waals surface area contributed by atoms with E-state index in [-0.39, 0.29) is 5.60 Å². The van der Waals surface area contributed by atoms with Gasteiger partial charge in [0.05, 0.1) is 12.2 Å². The molecule has 0 aromatic heterocycles. The first-order valence-electron chi connectivity index (χ1n) is 9.77. The number of hydrogen-bond donors (Lipinski definition) is 0. The second kappa shape index (κ2) is 8.66. The molecule has 0 saturated carbocycles. The van der Waals surface area contributed by atoms with Gasteiger partial charge in [0, 0.05) is 39.3 Å². The van der Waals surface area contributed by atoms with Crippen LogP contribution in [0.25, 0.3) is 0 Å². The third-order valence-corrected chi connectivity index (χ3v) is 4.52. The maximum Gasteiger partial charge on any atom is 0.0598 e. The van der Waals surface area contributed by atoms with Crippen molar-refractivity contribution in [3.05, 3.63) is 35.4 Å². The SMILES string of the molecule is CC(C)(C)CN1CCN(Cc2ccc(CCOC(C)(C)C)cc2)CC1. The van der Waals surface area contributed by atoms with E-state index in [0.29, 0.717) is 5.41 Å². The molecule has 3 nitrogen and oxygen atoms in total. The van der Waals surface area contributed by atoms with Crippen molar-refractivity contribution < 1.29 is 4.74 Å². The molecule has 0 bridgehead atoms. The van der Waals surface area contributed by atoms with E-state index in [1.165, 1.54) is 43.9 Å². The van der Waals surface area contributed by atoms with Gasteiger partial charge in [-0.1, -0.05) is 45.0 Å². The van der Waals surface area contributed by atoms with Crippen molar-refractivity contribution in [1.82, 2.24) is 9.80 Å². The van der Waals surface area contributed by atoms with Gasteiger partial charge in [0.1, 0.15) is 0 Å². The monoisotopic (exact) mass is 346 g/mol. The molecule has 1 aromatic rings. The predicted octanol–water partition coefficient (Wildman–Crippen LogP) is 4.21. The number of rotatable bonds is 6. The zero-order chi connectivity index (χ0) is 18.5. The first-order chi connectivity index (χ1) is 11.6. The minimum absolute atomic E-state index is 0.0466. The van der Waals surface area contributed by atoms with Gasteiger partial charge in [0.2, 0.25) is 0 Å². The van der Waals surface area contributed by atoms with Crippen molar-refractivity contribution in [1.29, 1.82) is 0 Å². The molecule has 0 unspecified atom stereocenters. The summed E-state index contributed by atoms with van der Waals surface area (Å²) in [5.74, 6) is 0. The lowest BCUT2D eigenvalue weighted by atomic mass is 9.96. The van der Waals surface area contributed by atoms with Crippen molar-refractivity contribution in [2.75, 3.05) is 39.3 Å². The molecule has 1 aliphatic rings. The van der Waals surface area contributed by atoms with Crippen molar-refractivity contribution in [3.63, 3.8) is 0 Å². The summed E-state index contributed by atoms with van der Waals surface area (Å²) >= 11 is 0. The standard InChI is InChI=1S/C22H38N2O/c1-21(2,3)18-24-14-12-23(13-15-24)17-20-9-7-19(8-10-20)11-16-25-22(4,5)6/h7-10H,11-18H2,1-6H3. The Hall–Kier alpha value is -0.900. The van der Waals surface area contributed by atoms with Crippen LogP contribution in [0.3, 0.4) is 0 Å². The Kier molecular flexibility index (Phi) is 7.07. The average molecular weight is 347 g/mol. The van der Waals surface area contributed by atoms with E-state index in [4.69, 9.17) is 4.74 Å². The normalized spacial score (nSPS) is 17.8. The molecule has 1 heterocycles. The van der Waals surface area contributed by atoms with E-state index in [9.17, 15) is 0 Å². The summed E-state index contributed by atoms with van der Waals surface area (Å²) in [7, 11) is 0. The number of nitrogens with zero attached hydrogens (tertiary/aromatic N) is 2. The third-order valence-electron chi connectivity index (χ3n) is 4.52. The Morgan fingerprint density at radius 2 is 1.32 bits per heavy atom. The smallest absolute Gasteiger partial charge is 0.0598 e. The third kappa shape index (κ3) is 8.35. The van der Waals surface area contributed by atoms with Crippen molar-refractivity contribution in [3.8, 4) is 0 Å². The second-order valence-electron chi connectivity index (χ2n) is 9.64. The molecule has 1 aromatic carbocycles. The van der Waals surface area contributed by atoms with Gasteiger partial charge in [-0.2, -0.15) is 0 Å². The molecule has 2 rings (SSSR count). The van der Waals surface area contributed by atoms with Gasteiger partial charge in [0.25, 0.3) is 0 Å². The molecule has 0 atom stereocenters. The van der Waals surface area contributed by atoms with E-state index >= 15 is 0 Å². The van der Waals surface area contributed by atoms with Gasteiger partial charge in [0.15, 0.2) is 0 Å². The minimum Gasteiger partial charge on any atom is -0.376 e. The number of hydrogen-bond acceptors (Lipinski definition) is 3. The minimum atomic E-state index is -0.0466. The van der Waals surface area contributed by atoms with Crippen LogP contribution in [0.4, 0.5) is 0 Å². The summed E-state index contributed by atoms with van der Waals surface area (Å²) in [6, 6.07) is 9.09. The van der Waals surface area contributed by atoms with Crippen molar-refractivity contribution in [2.45, 2.75) is 60.1 Å². The molecule has 25 heavy (non-hydrogen) atoms. The van der Waals surface area contributed by atoms with Gasteiger partial charge < -0.3 is 9.64 Å². The van der Waals surface area contributed by atoms with Crippen LogP contribution in [0.15, 0.2) is 24.3 Å². The molecule has 1 fully saturated rings. The number of piperazine rings is 1. The Morgan fingerprint density at radius 1 is 0.800 bits per heavy atom. The molecular formula is C22H38N2O. The molecule has 1 aliphatic heterocycles. The lowest BCUT2D eigenvalue weighted by Crippen LogP contribution is -2.48. The summed E-state index contributed by atoms with van der Waals surface area (Å²) in [5, 5.41) is 0. The van der Waals surface area contributed by atoms with Crippen LogP contribution >= 0.6 is 0 Å². The van der Waals surface area contributed by atoms with E-state index in [0.717, 1.165) is 19.6 Å². The van der Waals surface area contributed by atoms with Gasteiger partial charge in [-0.25, -0.2) is 0 Å².